The van der Waals surface area contributed by atoms with Crippen molar-refractivity contribution in [2.45, 2.75) is 13.5 Å². The third-order valence-corrected chi connectivity index (χ3v) is 1.78. The van der Waals surface area contributed by atoms with Crippen molar-refractivity contribution >= 4 is 6.03 Å². The fourth-order valence-electron chi connectivity index (χ4n) is 1.09. The van der Waals surface area contributed by atoms with Crippen molar-refractivity contribution in [3.05, 3.63) is 17.5 Å². The molecule has 0 aliphatic heterocycles. The number of hydrogen-bond donors (Lipinski definition) is 2. The first-order chi connectivity index (χ1) is 6.13. The summed E-state index contributed by atoms with van der Waals surface area (Å²) >= 11 is 0. The van der Waals surface area contributed by atoms with Crippen molar-refractivity contribution in [2.24, 2.45) is 7.05 Å². The van der Waals surface area contributed by atoms with Crippen LogP contribution in [0, 0.1) is 6.92 Å². The molecule has 5 nitrogen and oxygen atoms in total. The second kappa shape index (κ2) is 3.93. The van der Waals surface area contributed by atoms with Crippen LogP contribution in [0.25, 0.3) is 0 Å². The third kappa shape index (κ3) is 2.47. The lowest BCUT2D eigenvalue weighted by atomic mass is 10.3. The fraction of sp³-hybridized carbons (Fsp3) is 0.500. The number of aryl methyl sites for hydroxylation is 2. The minimum Gasteiger partial charge on any atom is -0.341 e. The molecule has 2 N–H and O–H groups in total. The number of nitrogens with one attached hydrogen (secondary N) is 2. The van der Waals surface area contributed by atoms with Gasteiger partial charge < -0.3 is 10.6 Å². The topological polar surface area (TPSA) is 59.0 Å². The summed E-state index contributed by atoms with van der Waals surface area (Å²) in [6.45, 7) is 2.43. The first-order valence-electron chi connectivity index (χ1n) is 4.08. The summed E-state index contributed by atoms with van der Waals surface area (Å²) in [6, 6.07) is -0.178. The molecule has 72 valence electrons. The lowest BCUT2D eigenvalue weighted by Gasteiger charge is -2.01. The van der Waals surface area contributed by atoms with Gasteiger partial charge in [0.1, 0.15) is 0 Å². The molecule has 0 spiro atoms. The zero-order valence-corrected chi connectivity index (χ0v) is 8.09. The summed E-state index contributed by atoms with van der Waals surface area (Å²) in [5, 5.41) is 9.34. The Morgan fingerprint density at radius 3 is 2.85 bits per heavy atom. The SMILES string of the molecule is CNC(=O)NCc1cn(C)nc1C. The maximum absolute atomic E-state index is 10.9. The Balaban J connectivity index is 2.54. The monoisotopic (exact) mass is 182 g/mol. The number of carbonyl (C=O) groups excluding carboxylic acids is 1. The highest BCUT2D eigenvalue weighted by atomic mass is 16.2. The molecule has 5 heteroatoms. The van der Waals surface area contributed by atoms with E-state index in [0.717, 1.165) is 11.3 Å². The maximum Gasteiger partial charge on any atom is 0.314 e. The van der Waals surface area contributed by atoms with Crippen molar-refractivity contribution < 1.29 is 4.79 Å². The minimum absolute atomic E-state index is 0.178. The Kier molecular flexibility index (Phi) is 2.89. The van der Waals surface area contributed by atoms with Crippen molar-refractivity contribution in [3.63, 3.8) is 0 Å². The smallest absolute Gasteiger partial charge is 0.314 e. The van der Waals surface area contributed by atoms with Crippen LogP contribution >= 0.6 is 0 Å². The normalized spacial score (nSPS) is 9.77. The van der Waals surface area contributed by atoms with Gasteiger partial charge >= 0.3 is 6.03 Å². The van der Waals surface area contributed by atoms with E-state index >= 15 is 0 Å². The lowest BCUT2D eigenvalue weighted by molar-refractivity contribution is 0.242. The highest BCUT2D eigenvalue weighted by Gasteiger charge is 2.03. The van der Waals surface area contributed by atoms with Crippen LogP contribution in [-0.2, 0) is 13.6 Å². The third-order valence-electron chi connectivity index (χ3n) is 1.78. The Morgan fingerprint density at radius 1 is 1.69 bits per heavy atom. The lowest BCUT2D eigenvalue weighted by Crippen LogP contribution is -2.32. The Hall–Kier alpha value is -1.52. The predicted octanol–water partition coefficient (Wildman–Crippen LogP) is 0.158. The first-order valence-corrected chi connectivity index (χ1v) is 4.08. The van der Waals surface area contributed by atoms with E-state index in [4.69, 9.17) is 0 Å². The van der Waals surface area contributed by atoms with Gasteiger partial charge in [0.15, 0.2) is 0 Å². The number of urea groups is 1. The molecule has 0 saturated carbocycles. The number of hydrogen-bond acceptors (Lipinski definition) is 2. The minimum atomic E-state index is -0.178. The number of rotatable bonds is 2. The van der Waals surface area contributed by atoms with Crippen LogP contribution < -0.4 is 10.6 Å². The van der Waals surface area contributed by atoms with E-state index in [-0.39, 0.29) is 6.03 Å². The summed E-state index contributed by atoms with van der Waals surface area (Å²) in [6.07, 6.45) is 1.89. The molecule has 0 fully saturated rings. The van der Waals surface area contributed by atoms with E-state index in [9.17, 15) is 4.79 Å². The van der Waals surface area contributed by atoms with Gasteiger partial charge in [-0.1, -0.05) is 0 Å². The molecule has 1 aromatic heterocycles. The van der Waals surface area contributed by atoms with Gasteiger partial charge in [0, 0.05) is 32.4 Å². The zero-order valence-electron chi connectivity index (χ0n) is 8.09. The van der Waals surface area contributed by atoms with Gasteiger partial charge in [-0.25, -0.2) is 4.79 Å². The first kappa shape index (κ1) is 9.57. The van der Waals surface area contributed by atoms with E-state index in [1.807, 2.05) is 20.2 Å². The van der Waals surface area contributed by atoms with Gasteiger partial charge in [-0.2, -0.15) is 5.10 Å². The van der Waals surface area contributed by atoms with Gasteiger partial charge in [-0.05, 0) is 6.92 Å². The molecule has 2 amide bonds. The quantitative estimate of drug-likeness (QED) is 0.684. The molecule has 0 aliphatic rings. The molecule has 0 bridgehead atoms. The molecule has 0 aromatic carbocycles. The molecular weight excluding hydrogens is 168 g/mol. The number of amides is 2. The summed E-state index contributed by atoms with van der Waals surface area (Å²) in [4.78, 5) is 10.9. The molecule has 0 unspecified atom stereocenters. The predicted molar refractivity (Wildman–Crippen MR) is 49.2 cm³/mol. The highest BCUT2D eigenvalue weighted by Crippen LogP contribution is 2.03. The molecular formula is C8H14N4O. The molecule has 0 radical (unpaired) electrons. The maximum atomic E-state index is 10.9. The van der Waals surface area contributed by atoms with Crippen LogP contribution in [0.5, 0.6) is 0 Å². The van der Waals surface area contributed by atoms with Gasteiger partial charge in [0.05, 0.1) is 5.69 Å². The summed E-state index contributed by atoms with van der Waals surface area (Å²) in [5.74, 6) is 0. The molecule has 13 heavy (non-hydrogen) atoms. The van der Waals surface area contributed by atoms with Gasteiger partial charge in [-0.3, -0.25) is 4.68 Å². The number of carbonyl (C=O) groups is 1. The zero-order chi connectivity index (χ0) is 9.84. The molecule has 1 rings (SSSR count). The van der Waals surface area contributed by atoms with Gasteiger partial charge in [0.2, 0.25) is 0 Å². The second-order valence-electron chi connectivity index (χ2n) is 2.85. The number of nitrogens with zero attached hydrogens (tertiary/aromatic N) is 2. The van der Waals surface area contributed by atoms with Crippen LogP contribution in [0.1, 0.15) is 11.3 Å². The Bertz CT molecular complexity index is 305. The standard InChI is InChI=1S/C8H14N4O/c1-6-7(5-12(3)11-6)4-10-8(13)9-2/h5H,4H2,1-3H3,(H2,9,10,13). The van der Waals surface area contributed by atoms with E-state index in [1.165, 1.54) is 0 Å². The van der Waals surface area contributed by atoms with Crippen LogP contribution in [-0.4, -0.2) is 22.9 Å². The van der Waals surface area contributed by atoms with Crippen molar-refractivity contribution in [1.82, 2.24) is 20.4 Å². The van der Waals surface area contributed by atoms with Crippen molar-refractivity contribution in [2.75, 3.05) is 7.05 Å². The highest BCUT2D eigenvalue weighted by molar-refractivity contribution is 5.73. The van der Waals surface area contributed by atoms with Crippen LogP contribution in [0.2, 0.25) is 0 Å². The average Bonchev–Trinajstić information content (AvgIpc) is 2.41. The van der Waals surface area contributed by atoms with Crippen molar-refractivity contribution in [1.29, 1.82) is 0 Å². The van der Waals surface area contributed by atoms with Gasteiger partial charge in [0.25, 0.3) is 0 Å². The summed E-state index contributed by atoms with van der Waals surface area (Å²) in [7, 11) is 3.45. The largest absolute Gasteiger partial charge is 0.341 e. The van der Waals surface area contributed by atoms with Crippen LogP contribution in [0.4, 0.5) is 4.79 Å². The molecule has 1 aromatic rings. The van der Waals surface area contributed by atoms with E-state index in [1.54, 1.807) is 11.7 Å². The van der Waals surface area contributed by atoms with E-state index < -0.39 is 0 Å². The molecule has 0 saturated heterocycles. The van der Waals surface area contributed by atoms with Crippen LogP contribution in [0.15, 0.2) is 6.20 Å². The van der Waals surface area contributed by atoms with E-state index in [0.29, 0.717) is 6.54 Å². The Morgan fingerprint density at radius 2 is 2.38 bits per heavy atom. The van der Waals surface area contributed by atoms with Gasteiger partial charge in [-0.15, -0.1) is 0 Å². The Labute approximate surface area is 77.1 Å². The summed E-state index contributed by atoms with van der Waals surface area (Å²) in [5.41, 5.74) is 1.98. The molecule has 1 heterocycles. The second-order valence-corrected chi connectivity index (χ2v) is 2.85. The average molecular weight is 182 g/mol. The molecule has 0 atom stereocenters. The number of aromatic nitrogens is 2. The van der Waals surface area contributed by atoms with Crippen molar-refractivity contribution in [3.8, 4) is 0 Å². The summed E-state index contributed by atoms with van der Waals surface area (Å²) < 4.78 is 1.73. The van der Waals surface area contributed by atoms with E-state index in [2.05, 4.69) is 15.7 Å². The molecule has 0 aliphatic carbocycles. The van der Waals surface area contributed by atoms with Crippen LogP contribution in [0.3, 0.4) is 0 Å². The fourth-order valence-corrected chi connectivity index (χ4v) is 1.09.